The quantitative estimate of drug-likeness (QED) is 0.425. The molecule has 0 amide bonds. The van der Waals surface area contributed by atoms with Crippen molar-refractivity contribution in [2.75, 3.05) is 14.1 Å². The molecule has 0 saturated heterocycles. The summed E-state index contributed by atoms with van der Waals surface area (Å²) in [7, 11) is 4.14. The molecule has 1 unspecified atom stereocenters. The van der Waals surface area contributed by atoms with Gasteiger partial charge in [-0.25, -0.2) is 9.59 Å². The first-order valence-electron chi connectivity index (χ1n) is 10.6. The molecule has 2 rings (SSSR count). The van der Waals surface area contributed by atoms with E-state index in [9.17, 15) is 14.4 Å². The Bertz CT molecular complexity index is 842. The number of carboxylic acid groups (broad SMARTS) is 2. The fourth-order valence-corrected chi connectivity index (χ4v) is 3.48. The molecule has 3 atom stereocenters. The molecule has 0 fully saturated rings. The van der Waals surface area contributed by atoms with Gasteiger partial charge in [-0.05, 0) is 38.6 Å². The second kappa shape index (κ2) is 12.8. The van der Waals surface area contributed by atoms with Crippen LogP contribution in [0.5, 0.6) is 0 Å². The number of Topliss-reactive ketones (excluding diaryl/α,β-unsaturated/α-hetero) is 1. The summed E-state index contributed by atoms with van der Waals surface area (Å²) in [5.41, 5.74) is 1.60. The lowest BCUT2D eigenvalue weighted by molar-refractivity contribution is -0.165. The minimum atomic E-state index is -2.27. The largest absolute Gasteiger partial charge is 0.479 e. The van der Waals surface area contributed by atoms with Crippen molar-refractivity contribution >= 4 is 17.7 Å². The van der Waals surface area contributed by atoms with Crippen LogP contribution in [-0.4, -0.2) is 75.4 Å². The fourth-order valence-electron chi connectivity index (χ4n) is 3.48. The number of rotatable bonds is 10. The number of hydrogen-bond donors (Lipinski definition) is 4. The molecule has 2 aromatic carbocycles. The van der Waals surface area contributed by atoms with Crippen molar-refractivity contribution < 1.29 is 34.8 Å². The summed E-state index contributed by atoms with van der Waals surface area (Å²) in [6.45, 7) is 4.15. The van der Waals surface area contributed by atoms with Crippen molar-refractivity contribution in [3.63, 3.8) is 0 Å². The maximum Gasteiger partial charge on any atom is 0.335 e. The van der Waals surface area contributed by atoms with Gasteiger partial charge in [-0.3, -0.25) is 4.79 Å². The first-order valence-corrected chi connectivity index (χ1v) is 10.6. The molecule has 8 nitrogen and oxygen atoms in total. The van der Waals surface area contributed by atoms with E-state index in [0.717, 1.165) is 17.5 Å². The van der Waals surface area contributed by atoms with E-state index in [4.69, 9.17) is 20.4 Å². The highest BCUT2D eigenvalue weighted by atomic mass is 16.4. The van der Waals surface area contributed by atoms with Crippen LogP contribution in [0.25, 0.3) is 0 Å². The molecular formula is C25H33NO7. The molecule has 0 saturated carbocycles. The van der Waals surface area contributed by atoms with Crippen molar-refractivity contribution in [3.05, 3.63) is 71.8 Å². The fraction of sp³-hybridized carbons (Fsp3) is 0.400. The number of carbonyl (C=O) groups is 3. The molecule has 0 heterocycles. The van der Waals surface area contributed by atoms with Crippen molar-refractivity contribution in [1.82, 2.24) is 4.90 Å². The minimum Gasteiger partial charge on any atom is -0.479 e. The first-order chi connectivity index (χ1) is 15.5. The first kappa shape index (κ1) is 28.0. The predicted molar refractivity (Wildman–Crippen MR) is 124 cm³/mol. The Hall–Kier alpha value is -3.07. The van der Waals surface area contributed by atoms with Crippen LogP contribution in [0.4, 0.5) is 0 Å². The summed E-state index contributed by atoms with van der Waals surface area (Å²) >= 11 is 0. The number of aliphatic carboxylic acids is 2. The van der Waals surface area contributed by atoms with Gasteiger partial charge in [0.05, 0.1) is 5.41 Å². The van der Waals surface area contributed by atoms with Crippen molar-refractivity contribution in [2.24, 2.45) is 0 Å². The van der Waals surface area contributed by atoms with Gasteiger partial charge in [0.25, 0.3) is 0 Å². The topological polar surface area (TPSA) is 135 Å². The Labute approximate surface area is 194 Å². The summed E-state index contributed by atoms with van der Waals surface area (Å²) in [4.78, 5) is 34.9. The maximum absolute atomic E-state index is 13.2. The highest BCUT2D eigenvalue weighted by Gasteiger charge is 2.41. The maximum atomic E-state index is 13.2. The van der Waals surface area contributed by atoms with Gasteiger partial charge in [-0.15, -0.1) is 0 Å². The van der Waals surface area contributed by atoms with Crippen LogP contribution in [-0.2, 0) is 19.8 Å². The Morgan fingerprint density at radius 1 is 0.818 bits per heavy atom. The highest BCUT2D eigenvalue weighted by Crippen LogP contribution is 2.39. The molecule has 4 N–H and O–H groups in total. The number of aliphatic hydroxyl groups is 2. The summed E-state index contributed by atoms with van der Waals surface area (Å²) in [5.74, 6) is -3.26. The smallest absolute Gasteiger partial charge is 0.335 e. The van der Waals surface area contributed by atoms with Gasteiger partial charge in [0.15, 0.2) is 12.2 Å². The van der Waals surface area contributed by atoms with E-state index in [1.165, 1.54) is 0 Å². The lowest BCUT2D eigenvalue weighted by Crippen LogP contribution is -2.42. The summed E-state index contributed by atoms with van der Waals surface area (Å²) in [5, 5.41) is 32.5. The van der Waals surface area contributed by atoms with Crippen molar-refractivity contribution in [1.29, 1.82) is 0 Å². The van der Waals surface area contributed by atoms with E-state index in [0.29, 0.717) is 12.5 Å². The van der Waals surface area contributed by atoms with Crippen LogP contribution in [0.15, 0.2) is 60.7 Å². The van der Waals surface area contributed by atoms with Gasteiger partial charge in [-0.1, -0.05) is 67.6 Å². The van der Waals surface area contributed by atoms with Gasteiger partial charge in [0.1, 0.15) is 5.78 Å². The molecule has 0 radical (unpaired) electrons. The lowest BCUT2D eigenvalue weighted by Gasteiger charge is -2.37. The molecule has 180 valence electrons. The summed E-state index contributed by atoms with van der Waals surface area (Å²) in [6, 6.07) is 20.7. The Morgan fingerprint density at radius 2 is 1.18 bits per heavy atom. The van der Waals surface area contributed by atoms with E-state index in [-0.39, 0.29) is 5.78 Å². The number of benzene rings is 2. The average molecular weight is 460 g/mol. The molecule has 0 aromatic heterocycles. The third-order valence-corrected chi connectivity index (χ3v) is 5.62. The zero-order valence-electron chi connectivity index (χ0n) is 19.4. The number of ketones is 1. The number of nitrogens with zero attached hydrogens (tertiary/aromatic N) is 1. The second-order valence-electron chi connectivity index (χ2n) is 8.00. The summed E-state index contributed by atoms with van der Waals surface area (Å²) < 4.78 is 0. The van der Waals surface area contributed by atoms with Crippen LogP contribution in [0.1, 0.15) is 37.8 Å². The lowest BCUT2D eigenvalue weighted by atomic mass is 9.67. The molecule has 0 aliphatic heterocycles. The molecule has 0 spiro atoms. The third kappa shape index (κ3) is 7.21. The number of carboxylic acids is 2. The minimum absolute atomic E-state index is 0.281. The average Bonchev–Trinajstić information content (AvgIpc) is 2.82. The Kier molecular flexibility index (Phi) is 10.9. The summed E-state index contributed by atoms with van der Waals surface area (Å²) in [6.07, 6.45) is -3.22. The predicted octanol–water partition coefficient (Wildman–Crippen LogP) is 2.17. The number of hydrogen-bond acceptors (Lipinski definition) is 6. The van der Waals surface area contributed by atoms with Gasteiger partial charge in [0, 0.05) is 12.5 Å². The van der Waals surface area contributed by atoms with E-state index < -0.39 is 29.6 Å². The SMILES string of the molecule is CCC(=O)C(CC(C)N(C)C)(c1ccccc1)c1ccccc1.O=C(O)[C@H](O)[C@@H](O)C(=O)O. The Morgan fingerprint density at radius 3 is 1.45 bits per heavy atom. The molecule has 33 heavy (non-hydrogen) atoms. The van der Waals surface area contributed by atoms with Gasteiger partial charge >= 0.3 is 11.9 Å². The Balaban J connectivity index is 0.000000461. The standard InChI is InChI=1S/C21H27NO.C4H6O6/c1-5-20(23)21(16-17(2)22(3)4,18-12-8-6-9-13-18)19-14-10-7-11-15-19;5-1(3(7)8)2(6)4(9)10/h6-15,17H,5,16H2,1-4H3;1-2,5-6H,(H,7,8)(H,9,10)/t;1-,2-/m.1/s1. The van der Waals surface area contributed by atoms with Crippen LogP contribution < -0.4 is 0 Å². The molecule has 2 aromatic rings. The third-order valence-electron chi connectivity index (χ3n) is 5.62. The van der Waals surface area contributed by atoms with E-state index in [1.54, 1.807) is 0 Å². The zero-order valence-corrected chi connectivity index (χ0v) is 19.4. The molecule has 0 bridgehead atoms. The van der Waals surface area contributed by atoms with Crippen LogP contribution in [0.2, 0.25) is 0 Å². The van der Waals surface area contributed by atoms with E-state index in [2.05, 4.69) is 50.2 Å². The highest BCUT2D eigenvalue weighted by molar-refractivity contribution is 5.93. The normalized spacial score (nSPS) is 13.9. The molecule has 0 aliphatic carbocycles. The van der Waals surface area contributed by atoms with Gasteiger partial charge in [0.2, 0.25) is 0 Å². The van der Waals surface area contributed by atoms with Crippen molar-refractivity contribution in [3.8, 4) is 0 Å². The molecular weight excluding hydrogens is 426 g/mol. The van der Waals surface area contributed by atoms with Crippen LogP contribution in [0.3, 0.4) is 0 Å². The van der Waals surface area contributed by atoms with Crippen LogP contribution in [0, 0.1) is 0 Å². The number of aliphatic hydroxyl groups excluding tert-OH is 2. The zero-order chi connectivity index (χ0) is 25.2. The second-order valence-corrected chi connectivity index (χ2v) is 8.00. The van der Waals surface area contributed by atoms with E-state index >= 15 is 0 Å². The van der Waals surface area contributed by atoms with Gasteiger partial charge in [-0.2, -0.15) is 0 Å². The molecule has 0 aliphatic rings. The monoisotopic (exact) mass is 459 g/mol. The molecule has 8 heteroatoms. The van der Waals surface area contributed by atoms with Crippen LogP contribution >= 0.6 is 0 Å². The van der Waals surface area contributed by atoms with Gasteiger partial charge < -0.3 is 25.3 Å². The van der Waals surface area contributed by atoms with Crippen molar-refractivity contribution in [2.45, 2.75) is 50.4 Å². The number of carbonyl (C=O) groups excluding carboxylic acids is 1. The van der Waals surface area contributed by atoms with E-state index in [1.807, 2.05) is 43.3 Å².